The van der Waals surface area contributed by atoms with Gasteiger partial charge in [-0.3, -0.25) is 9.05 Å². The van der Waals surface area contributed by atoms with Gasteiger partial charge in [0, 0.05) is 25.5 Å². The van der Waals surface area contributed by atoms with Crippen molar-refractivity contribution in [3.8, 4) is 0 Å². The highest BCUT2D eigenvalue weighted by molar-refractivity contribution is 7.48. The maximum atomic E-state index is 12.7. The minimum absolute atomic E-state index is 0.293. The normalized spacial score (nSPS) is 17.9. The molecular weight excluding hydrogens is 327 g/mol. The topological polar surface area (TPSA) is 51.2 Å². The van der Waals surface area contributed by atoms with Crippen LogP contribution in [0.3, 0.4) is 0 Å². The number of unbranched alkanes of at least 4 members (excludes halogenated alkanes) is 5. The Morgan fingerprint density at radius 3 is 2.04 bits per heavy atom. The average molecular weight is 362 g/mol. The Bertz CT molecular complexity index is 396. The fraction of sp³-hybridized carbons (Fsp3) is 0.882. The lowest BCUT2D eigenvalue weighted by molar-refractivity contribution is -0.0523. The molecule has 7 heteroatoms. The molecule has 24 heavy (non-hydrogen) atoms. The minimum atomic E-state index is -3.53. The summed E-state index contributed by atoms with van der Waals surface area (Å²) in [6.45, 7) is 10.1. The van der Waals surface area contributed by atoms with E-state index >= 15 is 0 Å². The Morgan fingerprint density at radius 2 is 1.46 bits per heavy atom. The molecule has 0 fully saturated rings. The van der Waals surface area contributed by atoms with Crippen LogP contribution >= 0.6 is 7.82 Å². The summed E-state index contributed by atoms with van der Waals surface area (Å²) in [5.41, 5.74) is 0. The van der Waals surface area contributed by atoms with Crippen LogP contribution < -0.4 is 0 Å². The Labute approximate surface area is 147 Å². The molecule has 0 radical (unpaired) electrons. The number of phosphoric acid groups is 1. The van der Waals surface area contributed by atoms with Crippen molar-refractivity contribution >= 4 is 7.82 Å². The monoisotopic (exact) mass is 362 g/mol. The summed E-state index contributed by atoms with van der Waals surface area (Å²) in [5.74, 6) is 0. The molecule has 0 aromatic carbocycles. The second-order valence-electron chi connectivity index (χ2n) is 5.85. The van der Waals surface area contributed by atoms with Crippen LogP contribution in [0.2, 0.25) is 0 Å². The first-order valence-corrected chi connectivity index (χ1v) is 10.8. The van der Waals surface area contributed by atoms with Gasteiger partial charge in [0.05, 0.1) is 13.2 Å². The van der Waals surface area contributed by atoms with Gasteiger partial charge in [0.25, 0.3) is 0 Å². The largest absolute Gasteiger partial charge is 0.478 e. The molecule has 0 amide bonds. The molecule has 0 aliphatic carbocycles. The van der Waals surface area contributed by atoms with Crippen molar-refractivity contribution in [2.45, 2.75) is 72.6 Å². The van der Waals surface area contributed by atoms with Crippen molar-refractivity contribution in [3.05, 3.63) is 12.4 Å². The molecule has 0 saturated heterocycles. The molecule has 1 aliphatic heterocycles. The Balaban J connectivity index is 2.54. The zero-order chi connectivity index (χ0) is 17.8. The van der Waals surface area contributed by atoms with Crippen molar-refractivity contribution < 1.29 is 18.1 Å². The zero-order valence-corrected chi connectivity index (χ0v) is 16.7. The number of rotatable bonds is 14. The first-order chi connectivity index (χ1) is 11.6. The van der Waals surface area contributed by atoms with Gasteiger partial charge in [0.1, 0.15) is 0 Å². The van der Waals surface area contributed by atoms with Crippen molar-refractivity contribution in [1.82, 2.24) is 9.80 Å². The molecule has 0 bridgehead atoms. The van der Waals surface area contributed by atoms with E-state index in [1.54, 1.807) is 13.8 Å². The van der Waals surface area contributed by atoms with E-state index in [0.717, 1.165) is 19.5 Å². The van der Waals surface area contributed by atoms with E-state index in [-0.39, 0.29) is 0 Å². The van der Waals surface area contributed by atoms with E-state index in [0.29, 0.717) is 13.2 Å². The van der Waals surface area contributed by atoms with Crippen LogP contribution in [-0.4, -0.2) is 42.5 Å². The molecule has 0 N–H and O–H groups in total. The molecular formula is C17H35N2O4P. The number of phosphoric ester groups is 1. The van der Waals surface area contributed by atoms with Crippen LogP contribution in [0.25, 0.3) is 0 Å². The van der Waals surface area contributed by atoms with Gasteiger partial charge in [-0.15, -0.1) is 0 Å². The second kappa shape index (κ2) is 11.9. The number of hydrogen-bond acceptors (Lipinski definition) is 6. The van der Waals surface area contributed by atoms with Crippen molar-refractivity contribution in [3.63, 3.8) is 0 Å². The number of hydrogen-bond donors (Lipinski definition) is 0. The third kappa shape index (κ3) is 7.14. The standard InChI is InChI=1S/C17H35N2O4P/c1-5-9-10-11-12-13-14-19-16-15-18(6-2)17(19)23-24(20,21-7-3)22-8-4/h15-17H,5-14H2,1-4H3. The Hall–Kier alpha value is -0.550. The van der Waals surface area contributed by atoms with E-state index in [9.17, 15) is 4.57 Å². The van der Waals surface area contributed by atoms with Crippen molar-refractivity contribution in [1.29, 1.82) is 0 Å². The lowest BCUT2D eigenvalue weighted by Gasteiger charge is -2.33. The maximum Gasteiger partial charge on any atom is 0.478 e. The van der Waals surface area contributed by atoms with Gasteiger partial charge in [-0.05, 0) is 27.2 Å². The highest BCUT2D eigenvalue weighted by Crippen LogP contribution is 2.51. The second-order valence-corrected chi connectivity index (χ2v) is 7.47. The summed E-state index contributed by atoms with van der Waals surface area (Å²) in [4.78, 5) is 4.08. The van der Waals surface area contributed by atoms with Crippen LogP contribution in [0.1, 0.15) is 66.2 Å². The van der Waals surface area contributed by atoms with Gasteiger partial charge in [-0.2, -0.15) is 0 Å². The first-order valence-electron chi connectivity index (χ1n) is 9.37. The SMILES string of the molecule is CCCCCCCCN1C=CN(CC)C1OP(=O)(OCC)OCC. The van der Waals surface area contributed by atoms with E-state index in [1.165, 1.54) is 32.1 Å². The predicted molar refractivity (Wildman–Crippen MR) is 97.3 cm³/mol. The fourth-order valence-corrected chi connectivity index (χ4v) is 3.98. The molecule has 1 heterocycles. The molecule has 142 valence electrons. The van der Waals surface area contributed by atoms with Gasteiger partial charge < -0.3 is 9.80 Å². The minimum Gasteiger partial charge on any atom is -0.334 e. The van der Waals surface area contributed by atoms with Gasteiger partial charge >= 0.3 is 7.82 Å². The first kappa shape index (κ1) is 21.5. The highest BCUT2D eigenvalue weighted by Gasteiger charge is 2.36. The fourth-order valence-electron chi connectivity index (χ4n) is 2.68. The predicted octanol–water partition coefficient (Wildman–Crippen LogP) is 4.94. The summed E-state index contributed by atoms with van der Waals surface area (Å²) in [5, 5.41) is 0. The lowest BCUT2D eigenvalue weighted by Crippen LogP contribution is -2.40. The Morgan fingerprint density at radius 1 is 0.875 bits per heavy atom. The summed E-state index contributed by atoms with van der Waals surface area (Å²) < 4.78 is 29.0. The molecule has 1 unspecified atom stereocenters. The van der Waals surface area contributed by atoms with E-state index in [2.05, 4.69) is 11.8 Å². The van der Waals surface area contributed by atoms with E-state index in [1.807, 2.05) is 24.2 Å². The van der Waals surface area contributed by atoms with Crippen LogP contribution in [-0.2, 0) is 18.1 Å². The molecule has 0 aromatic heterocycles. The zero-order valence-electron chi connectivity index (χ0n) is 15.8. The van der Waals surface area contributed by atoms with E-state index in [4.69, 9.17) is 13.6 Å². The molecule has 1 aliphatic rings. The molecule has 1 rings (SSSR count). The third-order valence-electron chi connectivity index (χ3n) is 3.95. The van der Waals surface area contributed by atoms with Crippen molar-refractivity contribution in [2.75, 3.05) is 26.3 Å². The van der Waals surface area contributed by atoms with Gasteiger partial charge in [-0.1, -0.05) is 39.0 Å². The summed E-state index contributed by atoms with van der Waals surface area (Å²) in [6, 6.07) is 0. The number of nitrogens with zero attached hydrogens (tertiary/aromatic N) is 2. The van der Waals surface area contributed by atoms with Crippen LogP contribution in [0, 0.1) is 0 Å². The molecule has 0 saturated carbocycles. The highest BCUT2D eigenvalue weighted by atomic mass is 31.2. The third-order valence-corrected chi connectivity index (χ3v) is 5.55. The molecule has 6 nitrogen and oxygen atoms in total. The summed E-state index contributed by atoms with van der Waals surface area (Å²) in [6.07, 6.45) is 11.0. The molecule has 1 atom stereocenters. The Kier molecular flexibility index (Phi) is 10.7. The van der Waals surface area contributed by atoms with Gasteiger partial charge in [0.15, 0.2) is 0 Å². The van der Waals surface area contributed by atoms with E-state index < -0.39 is 14.2 Å². The maximum absolute atomic E-state index is 12.7. The van der Waals surface area contributed by atoms with Crippen LogP contribution in [0.15, 0.2) is 12.4 Å². The smallest absolute Gasteiger partial charge is 0.334 e. The quantitative estimate of drug-likeness (QED) is 0.322. The molecule has 0 spiro atoms. The molecule has 0 aromatic rings. The summed E-state index contributed by atoms with van der Waals surface area (Å²) in [7, 11) is -3.53. The van der Waals surface area contributed by atoms with Gasteiger partial charge in [-0.25, -0.2) is 9.09 Å². The van der Waals surface area contributed by atoms with Crippen LogP contribution in [0.5, 0.6) is 0 Å². The summed E-state index contributed by atoms with van der Waals surface area (Å²) >= 11 is 0. The van der Waals surface area contributed by atoms with Crippen LogP contribution in [0.4, 0.5) is 0 Å². The van der Waals surface area contributed by atoms with Gasteiger partial charge in [0.2, 0.25) is 6.35 Å². The lowest BCUT2D eigenvalue weighted by atomic mass is 10.1. The average Bonchev–Trinajstić information content (AvgIpc) is 2.92. The van der Waals surface area contributed by atoms with Crippen molar-refractivity contribution in [2.24, 2.45) is 0 Å².